The molecule has 40 heavy (non-hydrogen) atoms. The third kappa shape index (κ3) is 8.08. The summed E-state index contributed by atoms with van der Waals surface area (Å²) in [7, 11) is -4.14. The number of sulfonamides is 1. The molecule has 0 radical (unpaired) electrons. The van der Waals surface area contributed by atoms with Gasteiger partial charge in [-0.25, -0.2) is 8.42 Å². The summed E-state index contributed by atoms with van der Waals surface area (Å²) in [5, 5.41) is 3.30. The predicted octanol–water partition coefficient (Wildman–Crippen LogP) is 5.38. The van der Waals surface area contributed by atoms with E-state index in [4.69, 9.17) is 11.6 Å². The van der Waals surface area contributed by atoms with Crippen LogP contribution in [0.25, 0.3) is 0 Å². The van der Waals surface area contributed by atoms with E-state index in [1.165, 1.54) is 29.2 Å². The molecular formula is C31H38ClN3O4S. The lowest BCUT2D eigenvalue weighted by molar-refractivity contribution is -0.138. The fraction of sp³-hybridized carbons (Fsp3) is 0.355. The topological polar surface area (TPSA) is 86.8 Å². The Bertz CT molecular complexity index is 1410. The van der Waals surface area contributed by atoms with Crippen LogP contribution >= 0.6 is 11.6 Å². The van der Waals surface area contributed by atoms with Gasteiger partial charge in [0.25, 0.3) is 10.0 Å². The Morgan fingerprint density at radius 3 is 2.15 bits per heavy atom. The van der Waals surface area contributed by atoms with Gasteiger partial charge in [0.2, 0.25) is 11.8 Å². The van der Waals surface area contributed by atoms with Gasteiger partial charge in [-0.1, -0.05) is 61.8 Å². The first kappa shape index (κ1) is 31.2. The molecule has 0 aromatic heterocycles. The van der Waals surface area contributed by atoms with E-state index in [1.807, 2.05) is 64.1 Å². The minimum absolute atomic E-state index is 0.0153. The van der Waals surface area contributed by atoms with Crippen LogP contribution in [0.5, 0.6) is 0 Å². The lowest BCUT2D eigenvalue weighted by atomic mass is 10.1. The van der Waals surface area contributed by atoms with Gasteiger partial charge in [0, 0.05) is 18.1 Å². The van der Waals surface area contributed by atoms with Crippen LogP contribution in [-0.2, 0) is 26.0 Å². The Balaban J connectivity index is 1.98. The number of hydrogen-bond donors (Lipinski definition) is 1. The molecular weight excluding hydrogens is 546 g/mol. The van der Waals surface area contributed by atoms with E-state index in [-0.39, 0.29) is 23.3 Å². The van der Waals surface area contributed by atoms with E-state index in [0.29, 0.717) is 23.7 Å². The second kappa shape index (κ2) is 13.8. The van der Waals surface area contributed by atoms with Crippen LogP contribution in [-0.4, -0.2) is 50.8 Å². The van der Waals surface area contributed by atoms with Crippen LogP contribution in [0.3, 0.4) is 0 Å². The Morgan fingerprint density at radius 2 is 1.55 bits per heavy atom. The second-order valence-electron chi connectivity index (χ2n) is 10.4. The Labute approximate surface area is 243 Å². The van der Waals surface area contributed by atoms with Crippen LogP contribution in [0.4, 0.5) is 5.69 Å². The highest BCUT2D eigenvalue weighted by molar-refractivity contribution is 7.92. The van der Waals surface area contributed by atoms with Gasteiger partial charge in [-0.3, -0.25) is 13.9 Å². The summed E-state index contributed by atoms with van der Waals surface area (Å²) in [5.41, 5.74) is 3.27. The highest BCUT2D eigenvalue weighted by Gasteiger charge is 2.32. The zero-order valence-corrected chi connectivity index (χ0v) is 25.3. The number of nitrogens with one attached hydrogen (secondary N) is 1. The van der Waals surface area contributed by atoms with Crippen molar-refractivity contribution in [3.05, 3.63) is 94.5 Å². The average Bonchev–Trinajstić information content (AvgIpc) is 2.92. The fourth-order valence-electron chi connectivity index (χ4n) is 4.17. The molecule has 0 bridgehead atoms. The predicted molar refractivity (Wildman–Crippen MR) is 161 cm³/mol. The van der Waals surface area contributed by atoms with Crippen molar-refractivity contribution in [2.75, 3.05) is 23.9 Å². The zero-order chi connectivity index (χ0) is 29.4. The number of benzene rings is 3. The standard InChI is InChI=1S/C31H38ClN3O4S/c1-22(2)20-33-31(37)25(5)34(18-17-26-9-7-6-8-10-26)30(36)21-35(28-14-11-23(3)24(4)19-28)40(38,39)29-15-12-27(32)13-16-29/h6-16,19,22,25H,17-18,20-21H2,1-5H3,(H,33,37)/t25-/m0/s1. The third-order valence-electron chi connectivity index (χ3n) is 6.80. The molecule has 7 nitrogen and oxygen atoms in total. The molecule has 0 aliphatic rings. The highest BCUT2D eigenvalue weighted by atomic mass is 35.5. The lowest BCUT2D eigenvalue weighted by Gasteiger charge is -2.32. The van der Waals surface area contributed by atoms with Crippen molar-refractivity contribution in [2.45, 2.75) is 52.0 Å². The molecule has 3 aromatic rings. The highest BCUT2D eigenvalue weighted by Crippen LogP contribution is 2.27. The summed E-state index contributed by atoms with van der Waals surface area (Å²) in [4.78, 5) is 28.5. The molecule has 0 heterocycles. The van der Waals surface area contributed by atoms with E-state index in [0.717, 1.165) is 21.0 Å². The van der Waals surface area contributed by atoms with Crippen LogP contribution in [0, 0.1) is 19.8 Å². The molecule has 0 aliphatic carbocycles. The monoisotopic (exact) mass is 583 g/mol. The summed E-state index contributed by atoms with van der Waals surface area (Å²) in [6.07, 6.45) is 0.516. The summed E-state index contributed by atoms with van der Waals surface area (Å²) >= 11 is 6.01. The maximum Gasteiger partial charge on any atom is 0.264 e. The van der Waals surface area contributed by atoms with Crippen LogP contribution in [0.2, 0.25) is 5.02 Å². The molecule has 1 atom stereocenters. The van der Waals surface area contributed by atoms with Gasteiger partial charge in [0.1, 0.15) is 12.6 Å². The van der Waals surface area contributed by atoms with Gasteiger partial charge in [-0.15, -0.1) is 0 Å². The normalized spacial score (nSPS) is 12.2. The van der Waals surface area contributed by atoms with E-state index in [9.17, 15) is 18.0 Å². The Kier molecular flexibility index (Phi) is 10.8. The van der Waals surface area contributed by atoms with Gasteiger partial charge < -0.3 is 10.2 Å². The lowest BCUT2D eigenvalue weighted by Crippen LogP contribution is -2.52. The fourth-order valence-corrected chi connectivity index (χ4v) is 5.70. The first-order chi connectivity index (χ1) is 18.9. The van der Waals surface area contributed by atoms with Crippen LogP contribution in [0.15, 0.2) is 77.7 Å². The summed E-state index contributed by atoms with van der Waals surface area (Å²) in [6, 6.07) is 20.0. The molecule has 214 valence electrons. The largest absolute Gasteiger partial charge is 0.354 e. The number of rotatable bonds is 12. The smallest absolute Gasteiger partial charge is 0.264 e. The molecule has 0 unspecified atom stereocenters. The number of amides is 2. The molecule has 3 aromatic carbocycles. The molecule has 0 saturated carbocycles. The van der Waals surface area contributed by atoms with E-state index >= 15 is 0 Å². The number of hydrogen-bond acceptors (Lipinski definition) is 4. The maximum absolute atomic E-state index is 13.9. The van der Waals surface area contributed by atoms with Gasteiger partial charge in [-0.2, -0.15) is 0 Å². The number of aryl methyl sites for hydroxylation is 2. The molecule has 9 heteroatoms. The third-order valence-corrected chi connectivity index (χ3v) is 8.84. The average molecular weight is 584 g/mol. The number of nitrogens with zero attached hydrogens (tertiary/aromatic N) is 2. The molecule has 3 rings (SSSR count). The van der Waals surface area contributed by atoms with Crippen molar-refractivity contribution in [1.29, 1.82) is 0 Å². The second-order valence-corrected chi connectivity index (χ2v) is 12.7. The van der Waals surface area contributed by atoms with Crippen molar-refractivity contribution in [2.24, 2.45) is 5.92 Å². The van der Waals surface area contributed by atoms with Crippen molar-refractivity contribution in [1.82, 2.24) is 10.2 Å². The summed E-state index contributed by atoms with van der Waals surface area (Å²) in [6.45, 7) is 9.74. The molecule has 2 amide bonds. The van der Waals surface area contributed by atoms with Crippen molar-refractivity contribution >= 4 is 39.1 Å². The first-order valence-corrected chi connectivity index (χ1v) is 15.2. The summed E-state index contributed by atoms with van der Waals surface area (Å²) < 4.78 is 28.9. The summed E-state index contributed by atoms with van der Waals surface area (Å²) in [5.74, 6) is -0.512. The zero-order valence-electron chi connectivity index (χ0n) is 23.7. The van der Waals surface area contributed by atoms with E-state index < -0.39 is 28.5 Å². The number of halogens is 1. The molecule has 1 N–H and O–H groups in total. The number of anilines is 1. The van der Waals surface area contributed by atoms with E-state index in [2.05, 4.69) is 5.32 Å². The van der Waals surface area contributed by atoms with Crippen LogP contribution in [0.1, 0.15) is 37.5 Å². The molecule has 0 fully saturated rings. The molecule has 0 saturated heterocycles. The maximum atomic E-state index is 13.9. The number of carbonyl (C=O) groups excluding carboxylic acids is 2. The van der Waals surface area contributed by atoms with Crippen molar-refractivity contribution in [3.63, 3.8) is 0 Å². The Morgan fingerprint density at radius 1 is 0.900 bits per heavy atom. The number of carbonyl (C=O) groups is 2. The SMILES string of the molecule is Cc1ccc(N(CC(=O)N(CCc2ccccc2)[C@@H](C)C(=O)NCC(C)C)S(=O)(=O)c2ccc(Cl)cc2)cc1C. The van der Waals surface area contributed by atoms with Crippen molar-refractivity contribution < 1.29 is 18.0 Å². The van der Waals surface area contributed by atoms with Gasteiger partial charge in [-0.05, 0) is 86.2 Å². The minimum atomic E-state index is -4.14. The van der Waals surface area contributed by atoms with Crippen molar-refractivity contribution in [3.8, 4) is 0 Å². The minimum Gasteiger partial charge on any atom is -0.354 e. The van der Waals surface area contributed by atoms with E-state index in [1.54, 1.807) is 19.1 Å². The Hall–Kier alpha value is -3.36. The van der Waals surface area contributed by atoms with Crippen LogP contribution < -0.4 is 9.62 Å². The van der Waals surface area contributed by atoms with Gasteiger partial charge in [0.05, 0.1) is 10.6 Å². The van der Waals surface area contributed by atoms with Gasteiger partial charge >= 0.3 is 0 Å². The first-order valence-electron chi connectivity index (χ1n) is 13.4. The molecule has 0 spiro atoms. The quantitative estimate of drug-likeness (QED) is 0.310. The molecule has 0 aliphatic heterocycles. The van der Waals surface area contributed by atoms with Gasteiger partial charge in [0.15, 0.2) is 0 Å².